The number of halogens is 3. The zero-order valence-corrected chi connectivity index (χ0v) is 18.2. The molecule has 32 heavy (non-hydrogen) atoms. The van der Waals surface area contributed by atoms with Crippen LogP contribution in [-0.2, 0) is 14.9 Å². The molecule has 168 valence electrons. The summed E-state index contributed by atoms with van der Waals surface area (Å²) < 4.78 is 46.3. The van der Waals surface area contributed by atoms with Gasteiger partial charge in [0.15, 0.2) is 0 Å². The van der Waals surface area contributed by atoms with E-state index in [1.54, 1.807) is 43.3 Å². The molecule has 0 radical (unpaired) electrons. The van der Waals surface area contributed by atoms with Crippen LogP contribution in [0.25, 0.3) is 0 Å². The Morgan fingerprint density at radius 1 is 0.781 bits per heavy atom. The van der Waals surface area contributed by atoms with Crippen molar-refractivity contribution in [2.45, 2.75) is 18.8 Å². The van der Waals surface area contributed by atoms with Crippen molar-refractivity contribution < 1.29 is 22.7 Å². The van der Waals surface area contributed by atoms with E-state index in [0.717, 1.165) is 16.7 Å². The third-order valence-corrected chi connectivity index (χ3v) is 5.58. The monoisotopic (exact) mass is 441 g/mol. The minimum Gasteiger partial charge on any atom is -0.465 e. The molecule has 3 aromatic rings. The van der Waals surface area contributed by atoms with E-state index < -0.39 is 5.41 Å². The largest absolute Gasteiger partial charge is 0.465 e. The van der Waals surface area contributed by atoms with Crippen molar-refractivity contribution in [3.8, 4) is 0 Å². The van der Waals surface area contributed by atoms with Crippen molar-refractivity contribution >= 4 is 5.97 Å². The van der Waals surface area contributed by atoms with Crippen molar-refractivity contribution in [3.05, 3.63) is 107 Å². The second-order valence-electron chi connectivity index (χ2n) is 7.72. The molecule has 0 atom stereocenters. The molecule has 0 aliphatic heterocycles. The van der Waals surface area contributed by atoms with E-state index in [1.165, 1.54) is 36.4 Å². The molecular weight excluding hydrogens is 415 g/mol. The molecule has 0 aromatic heterocycles. The Bertz CT molecular complexity index is 908. The second-order valence-corrected chi connectivity index (χ2v) is 7.72. The van der Waals surface area contributed by atoms with Crippen LogP contribution in [0.5, 0.6) is 0 Å². The first-order valence-electron chi connectivity index (χ1n) is 10.5. The first-order valence-corrected chi connectivity index (χ1v) is 10.5. The molecule has 0 saturated carbocycles. The highest BCUT2D eigenvalue weighted by molar-refractivity contribution is 5.71. The van der Waals surface area contributed by atoms with Crippen LogP contribution >= 0.6 is 0 Å². The van der Waals surface area contributed by atoms with Crippen molar-refractivity contribution in [1.82, 2.24) is 4.90 Å². The molecule has 3 nitrogen and oxygen atoms in total. The summed E-state index contributed by atoms with van der Waals surface area (Å²) in [6.45, 7) is 2.64. The number of likely N-dealkylation sites (N-methyl/N-ethyl adjacent to an activating group) is 1. The van der Waals surface area contributed by atoms with Gasteiger partial charge in [-0.15, -0.1) is 0 Å². The summed E-state index contributed by atoms with van der Waals surface area (Å²) in [5.41, 5.74) is 1.52. The van der Waals surface area contributed by atoms with Gasteiger partial charge in [0.25, 0.3) is 0 Å². The summed E-state index contributed by atoms with van der Waals surface area (Å²) >= 11 is 0. The molecule has 0 saturated heterocycles. The third-order valence-electron chi connectivity index (χ3n) is 5.58. The Labute approximate surface area is 186 Å². The van der Waals surface area contributed by atoms with E-state index in [9.17, 15) is 18.0 Å². The van der Waals surface area contributed by atoms with Gasteiger partial charge in [0.05, 0.1) is 13.2 Å². The van der Waals surface area contributed by atoms with Gasteiger partial charge in [-0.1, -0.05) is 36.4 Å². The van der Waals surface area contributed by atoms with Crippen molar-refractivity contribution in [1.29, 1.82) is 0 Å². The topological polar surface area (TPSA) is 29.5 Å². The van der Waals surface area contributed by atoms with Gasteiger partial charge >= 0.3 is 5.97 Å². The lowest BCUT2D eigenvalue weighted by Gasteiger charge is -2.37. The van der Waals surface area contributed by atoms with Crippen LogP contribution in [0.1, 0.15) is 30.0 Å². The molecule has 0 aliphatic rings. The Morgan fingerprint density at radius 3 is 1.50 bits per heavy atom. The highest BCUT2D eigenvalue weighted by Gasteiger charge is 2.36. The molecule has 3 aromatic carbocycles. The predicted molar refractivity (Wildman–Crippen MR) is 118 cm³/mol. The van der Waals surface area contributed by atoms with Crippen LogP contribution in [0.2, 0.25) is 0 Å². The molecule has 0 unspecified atom stereocenters. The smallest absolute Gasteiger partial charge is 0.320 e. The van der Waals surface area contributed by atoms with Crippen LogP contribution in [0.3, 0.4) is 0 Å². The number of carbonyl (C=O) groups excluding carboxylic acids is 1. The van der Waals surface area contributed by atoms with E-state index in [1.807, 2.05) is 11.9 Å². The molecule has 3 rings (SSSR count). The molecule has 0 N–H and O–H groups in total. The van der Waals surface area contributed by atoms with Crippen LogP contribution in [-0.4, -0.2) is 37.6 Å². The van der Waals surface area contributed by atoms with Crippen molar-refractivity contribution in [3.63, 3.8) is 0 Å². The Kier molecular flexibility index (Phi) is 7.70. The lowest BCUT2D eigenvalue weighted by Crippen LogP contribution is -2.36. The van der Waals surface area contributed by atoms with Crippen LogP contribution in [0, 0.1) is 17.5 Å². The minimum atomic E-state index is -0.821. The fourth-order valence-electron chi connectivity index (χ4n) is 4.00. The zero-order valence-electron chi connectivity index (χ0n) is 18.2. The summed E-state index contributed by atoms with van der Waals surface area (Å²) in [6.07, 6.45) is 0.478. The van der Waals surface area contributed by atoms with Gasteiger partial charge in [0, 0.05) is 5.41 Å². The van der Waals surface area contributed by atoms with Gasteiger partial charge < -0.3 is 4.74 Å². The number of benzene rings is 3. The highest BCUT2D eigenvalue weighted by Crippen LogP contribution is 2.42. The minimum absolute atomic E-state index is 0.111. The van der Waals surface area contributed by atoms with E-state index in [0.29, 0.717) is 19.6 Å². The Hall–Kier alpha value is -3.12. The maximum absolute atomic E-state index is 13.8. The molecule has 0 spiro atoms. The maximum Gasteiger partial charge on any atom is 0.320 e. The van der Waals surface area contributed by atoms with Crippen molar-refractivity contribution in [2.75, 3.05) is 26.7 Å². The number of esters is 1. The number of nitrogens with zero attached hydrogens (tertiary/aromatic N) is 1. The molecular formula is C26H26F3NO2. The quantitative estimate of drug-likeness (QED) is 0.332. The number of hydrogen-bond donors (Lipinski definition) is 0. The normalized spacial score (nSPS) is 11.6. The Morgan fingerprint density at radius 2 is 1.16 bits per heavy atom. The average molecular weight is 441 g/mol. The number of hydrogen-bond acceptors (Lipinski definition) is 3. The van der Waals surface area contributed by atoms with Gasteiger partial charge in [-0.3, -0.25) is 9.69 Å². The van der Waals surface area contributed by atoms with E-state index in [2.05, 4.69) is 0 Å². The molecule has 0 fully saturated rings. The van der Waals surface area contributed by atoms with Crippen LogP contribution in [0.15, 0.2) is 72.8 Å². The lowest BCUT2D eigenvalue weighted by molar-refractivity contribution is -0.144. The molecule has 0 heterocycles. The SMILES string of the molecule is CCOC(=O)CN(C)CCC(c1ccc(F)cc1)(c1ccc(F)cc1)c1ccc(F)cc1. The van der Waals surface area contributed by atoms with Crippen LogP contribution < -0.4 is 0 Å². The van der Waals surface area contributed by atoms with Crippen LogP contribution in [0.4, 0.5) is 13.2 Å². The first-order chi connectivity index (χ1) is 15.3. The number of rotatable bonds is 9. The van der Waals surface area contributed by atoms with Gasteiger partial charge in [-0.25, -0.2) is 13.2 Å². The Balaban J connectivity index is 2.10. The fourth-order valence-corrected chi connectivity index (χ4v) is 4.00. The second kappa shape index (κ2) is 10.5. The van der Waals surface area contributed by atoms with Crippen molar-refractivity contribution in [2.24, 2.45) is 0 Å². The van der Waals surface area contributed by atoms with Gasteiger partial charge in [-0.2, -0.15) is 0 Å². The highest BCUT2D eigenvalue weighted by atomic mass is 19.1. The molecule has 0 aliphatic carbocycles. The van der Waals surface area contributed by atoms with E-state index in [-0.39, 0.29) is 30.0 Å². The van der Waals surface area contributed by atoms with Gasteiger partial charge in [-0.05, 0) is 80.0 Å². The van der Waals surface area contributed by atoms with E-state index in [4.69, 9.17) is 4.74 Å². The summed E-state index contributed by atoms with van der Waals surface area (Å²) in [4.78, 5) is 13.7. The third kappa shape index (κ3) is 5.37. The maximum atomic E-state index is 13.8. The number of carbonyl (C=O) groups is 1. The lowest BCUT2D eigenvalue weighted by atomic mass is 9.67. The standard InChI is InChI=1S/C26H26F3NO2/c1-3-32-25(31)18-30(2)17-16-26(19-4-10-22(27)11-5-19,20-6-12-23(28)13-7-20)21-8-14-24(29)15-9-21/h4-15H,3,16-18H2,1-2H3. The first kappa shape index (κ1) is 23.5. The average Bonchev–Trinajstić information content (AvgIpc) is 2.77. The summed E-state index contributed by atoms with van der Waals surface area (Å²) in [5.74, 6) is -1.45. The fraction of sp³-hybridized carbons (Fsp3) is 0.269. The van der Waals surface area contributed by atoms with Gasteiger partial charge in [0.2, 0.25) is 0 Å². The predicted octanol–water partition coefficient (Wildman–Crippen LogP) is 5.32. The zero-order chi connectivity index (χ0) is 23.1. The molecule has 6 heteroatoms. The molecule has 0 bridgehead atoms. The van der Waals surface area contributed by atoms with E-state index >= 15 is 0 Å². The summed E-state index contributed by atoms with van der Waals surface area (Å²) in [5, 5.41) is 0. The molecule has 0 amide bonds. The summed E-state index contributed by atoms with van der Waals surface area (Å²) in [6, 6.07) is 18.4. The number of ether oxygens (including phenoxy) is 1. The summed E-state index contributed by atoms with van der Waals surface area (Å²) in [7, 11) is 1.81. The van der Waals surface area contributed by atoms with Gasteiger partial charge in [0.1, 0.15) is 17.5 Å².